The van der Waals surface area contributed by atoms with Gasteiger partial charge < -0.3 is 0 Å². The quantitative estimate of drug-likeness (QED) is 0.619. The summed E-state index contributed by atoms with van der Waals surface area (Å²) in [7, 11) is 0. The molecule has 0 amide bonds. The maximum absolute atomic E-state index is 12.7. The number of fused-ring (bicyclic) bond motifs is 4. The standard InChI is InChI=1S/C25H19BrO/c26-18-7-9-19-17(15-18)6-8-21-20(19)10-11-23-22(21)12-13-25(27)24(23)14-16-4-2-1-3-5-16/h1-7,9-11,15H,8,12-14H2. The molecular formula is C25H19BrO. The Morgan fingerprint density at radius 1 is 0.815 bits per heavy atom. The molecule has 5 rings (SSSR count). The molecule has 3 aromatic rings. The number of rotatable bonds is 2. The summed E-state index contributed by atoms with van der Waals surface area (Å²) >= 11 is 3.58. The van der Waals surface area contributed by atoms with Crippen molar-refractivity contribution in [3.8, 4) is 0 Å². The van der Waals surface area contributed by atoms with Crippen molar-refractivity contribution in [1.82, 2.24) is 0 Å². The molecule has 0 aromatic heterocycles. The number of hydrogen-bond donors (Lipinski definition) is 0. The van der Waals surface area contributed by atoms with Crippen molar-refractivity contribution in [2.75, 3.05) is 0 Å². The largest absolute Gasteiger partial charge is 0.295 e. The predicted molar refractivity (Wildman–Crippen MR) is 113 cm³/mol. The molecule has 3 aromatic carbocycles. The number of hydrogen-bond acceptors (Lipinski definition) is 1. The maximum atomic E-state index is 12.7. The summed E-state index contributed by atoms with van der Waals surface area (Å²) < 4.78 is 1.11. The van der Waals surface area contributed by atoms with Crippen LogP contribution in [-0.2, 0) is 24.1 Å². The van der Waals surface area contributed by atoms with E-state index in [9.17, 15) is 4.79 Å². The monoisotopic (exact) mass is 414 g/mol. The molecule has 2 aliphatic rings. The lowest BCUT2D eigenvalue weighted by atomic mass is 9.83. The lowest BCUT2D eigenvalue weighted by Gasteiger charge is -2.20. The topological polar surface area (TPSA) is 17.1 Å². The SMILES string of the molecule is O=C1CCc2c3c(ccc2=C1Cc1ccccc1)=c1ccc(Br)cc1=CC3. The molecule has 2 heteroatoms. The number of Topliss-reactive ketones (excluding diaryl/α,β-unsaturated/α-hetero) is 1. The summed E-state index contributed by atoms with van der Waals surface area (Å²) in [4.78, 5) is 12.7. The predicted octanol–water partition coefficient (Wildman–Crippen LogP) is 3.98. The zero-order chi connectivity index (χ0) is 18.4. The van der Waals surface area contributed by atoms with Gasteiger partial charge in [-0.05, 0) is 62.5 Å². The summed E-state index contributed by atoms with van der Waals surface area (Å²) in [6.07, 6.45) is 5.46. The third-order valence-corrected chi connectivity index (χ3v) is 6.24. The van der Waals surface area contributed by atoms with Crippen molar-refractivity contribution >= 4 is 33.4 Å². The van der Waals surface area contributed by atoms with Gasteiger partial charge in [-0.3, -0.25) is 4.79 Å². The molecule has 0 bridgehead atoms. The van der Waals surface area contributed by atoms with Crippen molar-refractivity contribution in [1.29, 1.82) is 0 Å². The smallest absolute Gasteiger partial charge is 0.160 e. The van der Waals surface area contributed by atoms with Gasteiger partial charge in [-0.25, -0.2) is 0 Å². The van der Waals surface area contributed by atoms with Crippen LogP contribution < -0.4 is 10.4 Å². The number of benzene rings is 3. The van der Waals surface area contributed by atoms with Crippen molar-refractivity contribution in [3.63, 3.8) is 0 Å². The van der Waals surface area contributed by atoms with Gasteiger partial charge in [-0.1, -0.05) is 70.5 Å². The first-order valence-corrected chi connectivity index (χ1v) is 10.2. The van der Waals surface area contributed by atoms with Gasteiger partial charge in [0.2, 0.25) is 0 Å². The molecule has 0 heterocycles. The second-order valence-electron chi connectivity index (χ2n) is 7.32. The Kier molecular flexibility index (Phi) is 4.09. The lowest BCUT2D eigenvalue weighted by Crippen LogP contribution is -2.28. The fourth-order valence-electron chi connectivity index (χ4n) is 4.44. The van der Waals surface area contributed by atoms with Gasteiger partial charge in [-0.2, -0.15) is 0 Å². The highest BCUT2D eigenvalue weighted by molar-refractivity contribution is 9.10. The van der Waals surface area contributed by atoms with Gasteiger partial charge in [0.25, 0.3) is 0 Å². The molecule has 0 unspecified atom stereocenters. The van der Waals surface area contributed by atoms with E-state index >= 15 is 0 Å². The van der Waals surface area contributed by atoms with Crippen molar-refractivity contribution < 1.29 is 4.79 Å². The molecule has 0 atom stereocenters. The molecule has 0 aliphatic heterocycles. The zero-order valence-corrected chi connectivity index (χ0v) is 16.6. The highest BCUT2D eigenvalue weighted by Gasteiger charge is 2.21. The summed E-state index contributed by atoms with van der Waals surface area (Å²) in [6, 6.07) is 21.2. The van der Waals surface area contributed by atoms with Crippen molar-refractivity contribution in [2.24, 2.45) is 0 Å². The van der Waals surface area contributed by atoms with Gasteiger partial charge in [0, 0.05) is 22.9 Å². The van der Waals surface area contributed by atoms with Crippen LogP contribution in [0.4, 0.5) is 0 Å². The molecule has 2 aliphatic carbocycles. The minimum absolute atomic E-state index is 0.301. The van der Waals surface area contributed by atoms with Gasteiger partial charge >= 0.3 is 0 Å². The Morgan fingerprint density at radius 2 is 1.59 bits per heavy atom. The van der Waals surface area contributed by atoms with E-state index in [1.807, 2.05) is 18.2 Å². The van der Waals surface area contributed by atoms with Gasteiger partial charge in [0.15, 0.2) is 5.78 Å². The Balaban J connectivity index is 1.79. The van der Waals surface area contributed by atoms with Crippen LogP contribution in [-0.4, -0.2) is 5.78 Å². The van der Waals surface area contributed by atoms with E-state index in [2.05, 4.69) is 64.5 Å². The minimum atomic E-state index is 0.301. The second-order valence-corrected chi connectivity index (χ2v) is 8.24. The fraction of sp³-hybridized carbons (Fsp3) is 0.160. The van der Waals surface area contributed by atoms with Gasteiger partial charge in [0.1, 0.15) is 0 Å². The Morgan fingerprint density at radius 3 is 2.44 bits per heavy atom. The molecule has 0 spiro atoms. The van der Waals surface area contributed by atoms with E-state index in [1.54, 1.807) is 0 Å². The average molecular weight is 415 g/mol. The summed E-state index contributed by atoms with van der Waals surface area (Å²) in [6.45, 7) is 0. The van der Waals surface area contributed by atoms with E-state index in [1.165, 1.54) is 37.6 Å². The molecule has 0 saturated carbocycles. The first kappa shape index (κ1) is 16.7. The maximum Gasteiger partial charge on any atom is 0.160 e. The molecule has 0 fully saturated rings. The first-order chi connectivity index (χ1) is 13.2. The van der Waals surface area contributed by atoms with Gasteiger partial charge in [0.05, 0.1) is 0 Å². The van der Waals surface area contributed by atoms with Crippen LogP contribution in [0.5, 0.6) is 0 Å². The van der Waals surface area contributed by atoms with E-state index in [0.717, 1.165) is 29.3 Å². The Hall–Kier alpha value is -2.45. The number of carbonyl (C=O) groups excluding carboxylic acids is 1. The molecule has 132 valence electrons. The summed E-state index contributed by atoms with van der Waals surface area (Å²) in [5.74, 6) is 0.301. The van der Waals surface area contributed by atoms with Crippen LogP contribution in [0.25, 0.3) is 11.6 Å². The average Bonchev–Trinajstić information content (AvgIpc) is 2.70. The molecule has 0 saturated heterocycles. The van der Waals surface area contributed by atoms with Crippen LogP contribution in [0.2, 0.25) is 0 Å². The molecule has 27 heavy (non-hydrogen) atoms. The zero-order valence-electron chi connectivity index (χ0n) is 15.0. The van der Waals surface area contributed by atoms with E-state index in [-0.39, 0.29) is 0 Å². The minimum Gasteiger partial charge on any atom is -0.295 e. The third-order valence-electron chi connectivity index (χ3n) is 5.75. The first-order valence-electron chi connectivity index (χ1n) is 9.42. The van der Waals surface area contributed by atoms with Crippen LogP contribution >= 0.6 is 15.9 Å². The molecule has 0 radical (unpaired) electrons. The Bertz CT molecular complexity index is 1290. The van der Waals surface area contributed by atoms with Crippen molar-refractivity contribution in [3.05, 3.63) is 103 Å². The van der Waals surface area contributed by atoms with Crippen LogP contribution in [0.1, 0.15) is 23.1 Å². The normalized spacial score (nSPS) is 14.9. The third kappa shape index (κ3) is 2.89. The highest BCUT2D eigenvalue weighted by Crippen LogP contribution is 2.22. The molecule has 1 nitrogen and oxygen atoms in total. The number of carbonyl (C=O) groups is 1. The van der Waals surface area contributed by atoms with E-state index in [4.69, 9.17) is 0 Å². The van der Waals surface area contributed by atoms with Crippen LogP contribution in [0, 0.1) is 10.4 Å². The highest BCUT2D eigenvalue weighted by atomic mass is 79.9. The fourth-order valence-corrected chi connectivity index (χ4v) is 4.82. The Labute approximate surface area is 166 Å². The van der Waals surface area contributed by atoms with Crippen LogP contribution in [0.15, 0.2) is 65.1 Å². The lowest BCUT2D eigenvalue weighted by molar-refractivity contribution is -0.114. The molecular weight excluding hydrogens is 396 g/mol. The number of halogens is 1. The van der Waals surface area contributed by atoms with E-state index in [0.29, 0.717) is 12.2 Å². The van der Waals surface area contributed by atoms with Crippen molar-refractivity contribution in [2.45, 2.75) is 25.7 Å². The van der Waals surface area contributed by atoms with Crippen LogP contribution in [0.3, 0.4) is 0 Å². The second kappa shape index (κ2) is 6.61. The van der Waals surface area contributed by atoms with E-state index < -0.39 is 0 Å². The summed E-state index contributed by atoms with van der Waals surface area (Å²) in [5.41, 5.74) is 4.96. The molecule has 0 N–H and O–H groups in total. The number of ketones is 1. The van der Waals surface area contributed by atoms with Gasteiger partial charge in [-0.15, -0.1) is 0 Å². The summed E-state index contributed by atoms with van der Waals surface area (Å²) in [5, 5.41) is 5.08.